The summed E-state index contributed by atoms with van der Waals surface area (Å²) in [6.45, 7) is 4.73. The molecular formula is C20H22FN3O2. The number of aromatic amines is 1. The number of carbonyl (C=O) groups excluding carboxylic acids is 1. The van der Waals surface area contributed by atoms with Crippen molar-refractivity contribution in [1.29, 1.82) is 0 Å². The van der Waals surface area contributed by atoms with Crippen LogP contribution in [0.25, 0.3) is 0 Å². The number of aryl methyl sites for hydroxylation is 1. The zero-order valence-corrected chi connectivity index (χ0v) is 14.9. The third kappa shape index (κ3) is 3.04. The molecular weight excluding hydrogens is 333 g/mol. The molecule has 0 spiro atoms. The van der Waals surface area contributed by atoms with Crippen molar-refractivity contribution >= 4 is 5.91 Å². The number of nitrogens with zero attached hydrogens (tertiary/aromatic N) is 2. The third-order valence-electron chi connectivity index (χ3n) is 5.62. The van der Waals surface area contributed by atoms with Crippen LogP contribution in [0.15, 0.2) is 35.1 Å². The second-order valence-electron chi connectivity index (χ2n) is 7.55. The van der Waals surface area contributed by atoms with E-state index in [9.17, 15) is 14.0 Å². The van der Waals surface area contributed by atoms with Crippen molar-refractivity contribution in [3.05, 3.63) is 63.6 Å². The Morgan fingerprint density at radius 2 is 1.96 bits per heavy atom. The van der Waals surface area contributed by atoms with E-state index >= 15 is 0 Å². The molecule has 4 atom stereocenters. The van der Waals surface area contributed by atoms with Crippen molar-refractivity contribution in [3.8, 4) is 0 Å². The summed E-state index contributed by atoms with van der Waals surface area (Å²) in [4.78, 5) is 33.6. The molecule has 0 bridgehead atoms. The Morgan fingerprint density at radius 3 is 2.62 bits per heavy atom. The monoisotopic (exact) mass is 355 g/mol. The Balaban J connectivity index is 1.71. The van der Waals surface area contributed by atoms with Crippen molar-refractivity contribution in [2.75, 3.05) is 13.1 Å². The van der Waals surface area contributed by atoms with Crippen LogP contribution in [-0.2, 0) is 4.79 Å². The van der Waals surface area contributed by atoms with Gasteiger partial charge in [-0.05, 0) is 30.9 Å². The number of nitrogens with one attached hydrogen (secondary N) is 1. The lowest BCUT2D eigenvalue weighted by atomic mass is 9.86. The number of carbonyl (C=O) groups is 1. The maximum atomic E-state index is 14.5. The highest BCUT2D eigenvalue weighted by atomic mass is 19.1. The summed E-state index contributed by atoms with van der Waals surface area (Å²) in [5, 5.41) is 0. The van der Waals surface area contributed by atoms with Crippen LogP contribution in [-0.4, -0.2) is 33.9 Å². The number of hydrogen-bond donors (Lipinski definition) is 1. The topological polar surface area (TPSA) is 66.1 Å². The van der Waals surface area contributed by atoms with E-state index in [1.165, 1.54) is 12.1 Å². The van der Waals surface area contributed by atoms with Crippen LogP contribution in [0.2, 0.25) is 0 Å². The van der Waals surface area contributed by atoms with Crippen molar-refractivity contribution in [1.82, 2.24) is 14.9 Å². The predicted octanol–water partition coefficient (Wildman–Crippen LogP) is 2.58. The molecule has 2 fully saturated rings. The maximum Gasteiger partial charge on any atom is 0.251 e. The van der Waals surface area contributed by atoms with Gasteiger partial charge >= 0.3 is 0 Å². The average Bonchev–Trinajstić information content (AvgIpc) is 3.16. The van der Waals surface area contributed by atoms with Gasteiger partial charge in [-0.2, -0.15) is 0 Å². The first-order valence-corrected chi connectivity index (χ1v) is 9.05. The molecule has 5 nitrogen and oxygen atoms in total. The van der Waals surface area contributed by atoms with Gasteiger partial charge in [0.05, 0.1) is 5.69 Å². The Kier molecular flexibility index (Phi) is 4.13. The summed E-state index contributed by atoms with van der Waals surface area (Å²) in [6.07, 6.45) is 0.923. The maximum absolute atomic E-state index is 14.5. The second-order valence-corrected chi connectivity index (χ2v) is 7.55. The van der Waals surface area contributed by atoms with Crippen LogP contribution in [0.4, 0.5) is 4.39 Å². The molecule has 4 rings (SSSR count). The van der Waals surface area contributed by atoms with Crippen LogP contribution < -0.4 is 5.56 Å². The fourth-order valence-electron chi connectivity index (χ4n) is 4.07. The van der Waals surface area contributed by atoms with Crippen LogP contribution in [0.5, 0.6) is 0 Å². The van der Waals surface area contributed by atoms with Crippen molar-refractivity contribution in [2.45, 2.75) is 32.1 Å². The van der Waals surface area contributed by atoms with Crippen molar-refractivity contribution in [3.63, 3.8) is 0 Å². The van der Waals surface area contributed by atoms with E-state index in [1.54, 1.807) is 25.1 Å². The van der Waals surface area contributed by atoms with Gasteiger partial charge in [0.1, 0.15) is 11.6 Å². The van der Waals surface area contributed by atoms with Gasteiger partial charge < -0.3 is 9.88 Å². The highest BCUT2D eigenvalue weighted by Gasteiger charge is 2.46. The van der Waals surface area contributed by atoms with Gasteiger partial charge in [0, 0.05) is 36.9 Å². The van der Waals surface area contributed by atoms with Gasteiger partial charge in [-0.1, -0.05) is 25.1 Å². The highest BCUT2D eigenvalue weighted by Crippen LogP contribution is 2.44. The molecule has 1 aliphatic carbocycles. The molecule has 2 heterocycles. The van der Waals surface area contributed by atoms with Crippen molar-refractivity contribution < 1.29 is 9.18 Å². The molecule has 26 heavy (non-hydrogen) atoms. The number of rotatable bonds is 3. The normalized spacial score (nSPS) is 27.6. The van der Waals surface area contributed by atoms with Gasteiger partial charge in [0.15, 0.2) is 0 Å². The van der Waals surface area contributed by atoms with Gasteiger partial charge in [-0.3, -0.25) is 9.59 Å². The number of benzene rings is 1. The molecule has 136 valence electrons. The Hall–Kier alpha value is -2.50. The smallest absolute Gasteiger partial charge is 0.251 e. The van der Waals surface area contributed by atoms with E-state index in [-0.39, 0.29) is 35.0 Å². The number of likely N-dealkylation sites (tertiary alicyclic amines) is 1. The van der Waals surface area contributed by atoms with Crippen LogP contribution >= 0.6 is 0 Å². The van der Waals surface area contributed by atoms with E-state index in [4.69, 9.17) is 0 Å². The van der Waals surface area contributed by atoms with E-state index in [0.717, 1.165) is 6.42 Å². The molecule has 2 unspecified atom stereocenters. The molecule has 1 aromatic heterocycles. The van der Waals surface area contributed by atoms with E-state index < -0.39 is 0 Å². The fraction of sp³-hybridized carbons (Fsp3) is 0.450. The molecule has 1 aromatic carbocycles. The molecule has 2 aliphatic rings. The van der Waals surface area contributed by atoms with E-state index in [0.29, 0.717) is 36.1 Å². The van der Waals surface area contributed by atoms with Crippen LogP contribution in [0, 0.1) is 24.6 Å². The first-order chi connectivity index (χ1) is 12.4. The summed E-state index contributed by atoms with van der Waals surface area (Å²) < 4.78 is 14.5. The van der Waals surface area contributed by atoms with E-state index in [1.807, 2.05) is 4.90 Å². The second kappa shape index (κ2) is 6.34. The third-order valence-corrected chi connectivity index (χ3v) is 5.62. The lowest BCUT2D eigenvalue weighted by Crippen LogP contribution is -2.30. The lowest BCUT2D eigenvalue weighted by molar-refractivity contribution is -0.131. The highest BCUT2D eigenvalue weighted by molar-refractivity contribution is 5.82. The summed E-state index contributed by atoms with van der Waals surface area (Å²) in [7, 11) is 0. The number of halogens is 1. The van der Waals surface area contributed by atoms with Gasteiger partial charge in [0.25, 0.3) is 5.56 Å². The van der Waals surface area contributed by atoms with Crippen LogP contribution in [0.3, 0.4) is 0 Å². The number of amides is 1. The Labute approximate surface area is 151 Å². The Morgan fingerprint density at radius 1 is 1.27 bits per heavy atom. The van der Waals surface area contributed by atoms with Crippen molar-refractivity contribution in [2.24, 2.45) is 11.8 Å². The molecule has 1 N–H and O–H groups in total. The predicted molar refractivity (Wildman–Crippen MR) is 95.3 cm³/mol. The molecule has 6 heteroatoms. The number of H-pyrrole nitrogens is 1. The molecule has 1 aliphatic heterocycles. The first-order valence-electron chi connectivity index (χ1n) is 9.05. The van der Waals surface area contributed by atoms with Gasteiger partial charge in [-0.25, -0.2) is 9.37 Å². The minimum Gasteiger partial charge on any atom is -0.341 e. The zero-order valence-electron chi connectivity index (χ0n) is 14.9. The molecule has 1 amide bonds. The van der Waals surface area contributed by atoms with Crippen LogP contribution in [0.1, 0.15) is 42.3 Å². The summed E-state index contributed by atoms with van der Waals surface area (Å²) in [5.41, 5.74) is 0.982. The first kappa shape index (κ1) is 16.9. The summed E-state index contributed by atoms with van der Waals surface area (Å²) >= 11 is 0. The quantitative estimate of drug-likeness (QED) is 0.920. The molecule has 2 aromatic rings. The number of aromatic nitrogens is 2. The van der Waals surface area contributed by atoms with Gasteiger partial charge in [-0.15, -0.1) is 0 Å². The van der Waals surface area contributed by atoms with E-state index in [2.05, 4.69) is 16.9 Å². The molecule has 1 saturated carbocycles. The standard InChI is InChI=1S/C20H22FN3O2/c1-11-7-14(11)20(26)24-9-15(13-5-3-4-6-17(13)21)16(10-24)18-8-19(25)23-12(2)22-18/h3-6,8,11,14-16H,7,9-10H2,1-2H3,(H,22,23,25)/t11?,14?,15-,16+/m0/s1. The minimum absolute atomic E-state index is 0.0869. The average molecular weight is 355 g/mol. The lowest BCUT2D eigenvalue weighted by Gasteiger charge is -2.18. The zero-order chi connectivity index (χ0) is 18.4. The SMILES string of the molecule is Cc1nc([C@@H]2CN(C(=O)C3CC3C)C[C@H]2c2ccccc2F)cc(=O)[nH]1. The van der Waals surface area contributed by atoms with Gasteiger partial charge in [0.2, 0.25) is 5.91 Å². The fourth-order valence-corrected chi connectivity index (χ4v) is 4.07. The summed E-state index contributed by atoms with van der Waals surface area (Å²) in [6, 6.07) is 8.14. The molecule has 0 radical (unpaired) electrons. The molecule has 1 saturated heterocycles. The number of hydrogen-bond acceptors (Lipinski definition) is 3. The largest absolute Gasteiger partial charge is 0.341 e. The summed E-state index contributed by atoms with van der Waals surface area (Å²) in [5.74, 6) is 0.507. The Bertz CT molecular complexity index is 910. The minimum atomic E-state index is -0.279.